The smallest absolute Gasteiger partial charge is 0.0278 e. The summed E-state index contributed by atoms with van der Waals surface area (Å²) >= 11 is 0. The number of nitrogens with one attached hydrogen (secondary N) is 1. The largest absolute Gasteiger partial charge is 0.311 e. The van der Waals surface area contributed by atoms with Gasteiger partial charge < -0.3 is 5.32 Å². The van der Waals surface area contributed by atoms with E-state index in [1.165, 1.54) is 77.4 Å². The average Bonchev–Trinajstić information content (AvgIpc) is 2.95. The first kappa shape index (κ1) is 14.8. The van der Waals surface area contributed by atoms with Gasteiger partial charge in [-0.05, 0) is 51.4 Å². The lowest BCUT2D eigenvalue weighted by Gasteiger charge is -2.49. The number of rotatable bonds is 3. The molecule has 1 heterocycles. The molecule has 2 nitrogen and oxygen atoms in total. The van der Waals surface area contributed by atoms with E-state index in [2.05, 4.69) is 24.1 Å². The summed E-state index contributed by atoms with van der Waals surface area (Å²) in [4.78, 5) is 2.83. The third-order valence-electron chi connectivity index (χ3n) is 6.24. The molecule has 2 saturated carbocycles. The Balaban J connectivity index is 1.59. The summed E-state index contributed by atoms with van der Waals surface area (Å²) in [6, 6.07) is 0.768. The number of nitrogens with zero attached hydrogens (tertiary/aromatic N) is 1. The minimum absolute atomic E-state index is 0.355. The molecule has 0 aromatic carbocycles. The zero-order valence-electron chi connectivity index (χ0n) is 13.7. The second-order valence-electron chi connectivity index (χ2n) is 8.25. The van der Waals surface area contributed by atoms with Crippen LogP contribution in [0.5, 0.6) is 0 Å². The maximum absolute atomic E-state index is 3.89. The monoisotopic (exact) mass is 278 g/mol. The maximum atomic E-state index is 3.89. The van der Waals surface area contributed by atoms with Crippen LogP contribution in [0.3, 0.4) is 0 Å². The molecule has 0 bridgehead atoms. The highest BCUT2D eigenvalue weighted by Crippen LogP contribution is 2.33. The van der Waals surface area contributed by atoms with Crippen LogP contribution < -0.4 is 5.32 Å². The first-order chi connectivity index (χ1) is 9.65. The van der Waals surface area contributed by atoms with Crippen molar-refractivity contribution in [1.29, 1.82) is 0 Å². The minimum Gasteiger partial charge on any atom is -0.311 e. The number of piperazine rings is 1. The molecule has 3 rings (SSSR count). The van der Waals surface area contributed by atoms with E-state index in [1.807, 2.05) is 0 Å². The van der Waals surface area contributed by atoms with Crippen LogP contribution in [-0.4, -0.2) is 36.1 Å². The third kappa shape index (κ3) is 3.39. The van der Waals surface area contributed by atoms with E-state index < -0.39 is 0 Å². The summed E-state index contributed by atoms with van der Waals surface area (Å²) < 4.78 is 0. The molecule has 0 amide bonds. The lowest BCUT2D eigenvalue weighted by molar-refractivity contribution is 0.0319. The highest BCUT2D eigenvalue weighted by molar-refractivity contribution is 4.96. The van der Waals surface area contributed by atoms with Gasteiger partial charge in [-0.25, -0.2) is 0 Å². The summed E-state index contributed by atoms with van der Waals surface area (Å²) in [6.07, 6.45) is 13.3. The van der Waals surface area contributed by atoms with Gasteiger partial charge in [0, 0.05) is 31.2 Å². The third-order valence-corrected chi connectivity index (χ3v) is 6.24. The Bertz CT molecular complexity index is 301. The van der Waals surface area contributed by atoms with E-state index >= 15 is 0 Å². The Morgan fingerprint density at radius 2 is 1.60 bits per heavy atom. The molecule has 0 aromatic rings. The maximum Gasteiger partial charge on any atom is 0.0278 e. The fourth-order valence-electron chi connectivity index (χ4n) is 4.72. The highest BCUT2D eigenvalue weighted by atomic mass is 15.3. The van der Waals surface area contributed by atoms with Gasteiger partial charge in [0.25, 0.3) is 0 Å². The molecular formula is C18H34N2. The topological polar surface area (TPSA) is 15.3 Å². The minimum atomic E-state index is 0.355. The fourth-order valence-corrected chi connectivity index (χ4v) is 4.72. The van der Waals surface area contributed by atoms with E-state index in [0.29, 0.717) is 5.54 Å². The van der Waals surface area contributed by atoms with Crippen molar-refractivity contribution in [3.63, 3.8) is 0 Å². The van der Waals surface area contributed by atoms with Crippen molar-refractivity contribution >= 4 is 0 Å². The van der Waals surface area contributed by atoms with Crippen molar-refractivity contribution in [3.05, 3.63) is 0 Å². The van der Waals surface area contributed by atoms with Crippen molar-refractivity contribution in [2.75, 3.05) is 19.6 Å². The van der Waals surface area contributed by atoms with Gasteiger partial charge in [0.1, 0.15) is 0 Å². The Morgan fingerprint density at radius 3 is 2.30 bits per heavy atom. The average molecular weight is 278 g/mol. The molecule has 1 aliphatic heterocycles. The Kier molecular flexibility index (Phi) is 4.72. The van der Waals surface area contributed by atoms with E-state index in [-0.39, 0.29) is 0 Å². The van der Waals surface area contributed by atoms with E-state index in [9.17, 15) is 0 Å². The molecule has 1 saturated heterocycles. The van der Waals surface area contributed by atoms with Crippen LogP contribution in [0.4, 0.5) is 0 Å². The highest BCUT2D eigenvalue weighted by Gasteiger charge is 2.38. The molecule has 116 valence electrons. The van der Waals surface area contributed by atoms with Gasteiger partial charge in [0.2, 0.25) is 0 Å². The van der Waals surface area contributed by atoms with Crippen LogP contribution in [0.1, 0.15) is 71.6 Å². The second-order valence-corrected chi connectivity index (χ2v) is 8.25. The van der Waals surface area contributed by atoms with Gasteiger partial charge in [0.15, 0.2) is 0 Å². The van der Waals surface area contributed by atoms with Crippen LogP contribution in [0, 0.1) is 11.8 Å². The Hall–Kier alpha value is -0.0800. The van der Waals surface area contributed by atoms with Crippen molar-refractivity contribution in [1.82, 2.24) is 10.2 Å². The molecule has 1 N–H and O–H groups in total. The van der Waals surface area contributed by atoms with Crippen molar-refractivity contribution in [3.8, 4) is 0 Å². The normalized spacial score (nSPS) is 33.6. The lowest BCUT2D eigenvalue weighted by Crippen LogP contribution is -2.64. The Labute approximate surface area is 125 Å². The number of hydrogen-bond acceptors (Lipinski definition) is 2. The summed E-state index contributed by atoms with van der Waals surface area (Å²) in [5.41, 5.74) is 0.355. The first-order valence-electron chi connectivity index (χ1n) is 9.13. The van der Waals surface area contributed by atoms with Crippen LogP contribution in [0.25, 0.3) is 0 Å². The molecule has 0 aromatic heterocycles. The van der Waals surface area contributed by atoms with Crippen molar-refractivity contribution in [2.45, 2.75) is 83.2 Å². The molecule has 1 unspecified atom stereocenters. The van der Waals surface area contributed by atoms with Crippen molar-refractivity contribution in [2.24, 2.45) is 11.8 Å². The predicted molar refractivity (Wildman–Crippen MR) is 86.0 cm³/mol. The van der Waals surface area contributed by atoms with Gasteiger partial charge in [0.05, 0.1) is 0 Å². The molecule has 2 aliphatic carbocycles. The molecule has 0 spiro atoms. The molecule has 3 aliphatic rings. The summed E-state index contributed by atoms with van der Waals surface area (Å²) in [5, 5.41) is 3.89. The lowest BCUT2D eigenvalue weighted by atomic mass is 9.81. The quantitative estimate of drug-likeness (QED) is 0.844. The SMILES string of the molecule is CC1(C)CNC(C2CCCCC2)CN1CC1CCCC1. The summed E-state index contributed by atoms with van der Waals surface area (Å²) in [5.74, 6) is 1.94. The zero-order valence-corrected chi connectivity index (χ0v) is 13.7. The van der Waals surface area contributed by atoms with E-state index in [1.54, 1.807) is 0 Å². The Morgan fingerprint density at radius 1 is 0.950 bits per heavy atom. The molecule has 2 heteroatoms. The van der Waals surface area contributed by atoms with Crippen LogP contribution in [0.2, 0.25) is 0 Å². The van der Waals surface area contributed by atoms with Crippen LogP contribution >= 0.6 is 0 Å². The van der Waals surface area contributed by atoms with Gasteiger partial charge in [-0.1, -0.05) is 32.1 Å². The van der Waals surface area contributed by atoms with E-state index in [0.717, 1.165) is 17.9 Å². The molecule has 1 atom stereocenters. The number of hydrogen-bond donors (Lipinski definition) is 1. The molecular weight excluding hydrogens is 244 g/mol. The fraction of sp³-hybridized carbons (Fsp3) is 1.00. The van der Waals surface area contributed by atoms with Gasteiger partial charge in [-0.3, -0.25) is 4.90 Å². The zero-order chi connectivity index (χ0) is 14.0. The second kappa shape index (κ2) is 6.36. The molecule has 3 fully saturated rings. The van der Waals surface area contributed by atoms with Gasteiger partial charge >= 0.3 is 0 Å². The standard InChI is InChI=1S/C18H34N2/c1-18(2)14-19-17(16-10-4-3-5-11-16)13-20(18)12-15-8-6-7-9-15/h15-17,19H,3-14H2,1-2H3. The summed E-state index contributed by atoms with van der Waals surface area (Å²) in [7, 11) is 0. The van der Waals surface area contributed by atoms with Crippen LogP contribution in [0.15, 0.2) is 0 Å². The first-order valence-corrected chi connectivity index (χ1v) is 9.13. The predicted octanol–water partition coefficient (Wildman–Crippen LogP) is 3.81. The molecule has 0 radical (unpaired) electrons. The van der Waals surface area contributed by atoms with Crippen LogP contribution in [-0.2, 0) is 0 Å². The summed E-state index contributed by atoms with van der Waals surface area (Å²) in [6.45, 7) is 8.71. The van der Waals surface area contributed by atoms with Gasteiger partial charge in [-0.15, -0.1) is 0 Å². The van der Waals surface area contributed by atoms with Crippen molar-refractivity contribution < 1.29 is 0 Å². The van der Waals surface area contributed by atoms with E-state index in [4.69, 9.17) is 0 Å². The van der Waals surface area contributed by atoms with Gasteiger partial charge in [-0.2, -0.15) is 0 Å². The molecule has 20 heavy (non-hydrogen) atoms.